The van der Waals surface area contributed by atoms with Crippen LogP contribution in [0.5, 0.6) is 5.75 Å². The lowest BCUT2D eigenvalue weighted by Gasteiger charge is -2.11. The molecule has 1 aromatic carbocycles. The van der Waals surface area contributed by atoms with Gasteiger partial charge in [-0.15, -0.1) is 0 Å². The van der Waals surface area contributed by atoms with E-state index in [1.807, 2.05) is 0 Å². The molecule has 0 spiro atoms. The first-order valence-electron chi connectivity index (χ1n) is 6.73. The summed E-state index contributed by atoms with van der Waals surface area (Å²) in [5.41, 5.74) is 3.75. The Bertz CT molecular complexity index is 516. The molecule has 1 fully saturated rings. The Balaban J connectivity index is 1.85. The summed E-state index contributed by atoms with van der Waals surface area (Å²) in [6, 6.07) is 7.28. The lowest BCUT2D eigenvalue weighted by Crippen LogP contribution is -2.29. The SMILES string of the molecule is COc1ccc(CONC(=O)C2CCCC2)cc1C#N. The zero-order valence-electron chi connectivity index (χ0n) is 11.5. The number of hydroxylamine groups is 1. The van der Waals surface area contributed by atoms with E-state index in [-0.39, 0.29) is 18.4 Å². The molecule has 5 nitrogen and oxygen atoms in total. The molecule has 1 aliphatic rings. The maximum Gasteiger partial charge on any atom is 0.246 e. The molecule has 0 atom stereocenters. The number of carbonyl (C=O) groups excluding carboxylic acids is 1. The van der Waals surface area contributed by atoms with E-state index in [0.29, 0.717) is 11.3 Å². The summed E-state index contributed by atoms with van der Waals surface area (Å²) < 4.78 is 5.07. The molecule has 0 radical (unpaired) electrons. The van der Waals surface area contributed by atoms with Gasteiger partial charge in [-0.2, -0.15) is 5.26 Å². The Hall–Kier alpha value is -2.06. The minimum absolute atomic E-state index is 0.0449. The quantitative estimate of drug-likeness (QED) is 0.836. The number of ether oxygens (including phenoxy) is 1. The van der Waals surface area contributed by atoms with Crippen molar-refractivity contribution < 1.29 is 14.4 Å². The second-order valence-corrected chi connectivity index (χ2v) is 4.88. The molecular weight excluding hydrogens is 256 g/mol. The van der Waals surface area contributed by atoms with Gasteiger partial charge in [-0.05, 0) is 30.5 Å². The largest absolute Gasteiger partial charge is 0.495 e. The Morgan fingerprint density at radius 3 is 2.85 bits per heavy atom. The first kappa shape index (κ1) is 14.4. The number of nitriles is 1. The number of rotatable bonds is 5. The van der Waals surface area contributed by atoms with E-state index in [9.17, 15) is 4.79 Å². The van der Waals surface area contributed by atoms with Crippen molar-refractivity contribution in [2.45, 2.75) is 32.3 Å². The van der Waals surface area contributed by atoms with Crippen LogP contribution in [0.3, 0.4) is 0 Å². The van der Waals surface area contributed by atoms with Crippen LogP contribution in [0.1, 0.15) is 36.8 Å². The van der Waals surface area contributed by atoms with E-state index < -0.39 is 0 Å². The molecule has 20 heavy (non-hydrogen) atoms. The van der Waals surface area contributed by atoms with Crippen molar-refractivity contribution in [3.63, 3.8) is 0 Å². The summed E-state index contributed by atoms with van der Waals surface area (Å²) >= 11 is 0. The van der Waals surface area contributed by atoms with E-state index in [4.69, 9.17) is 14.8 Å². The van der Waals surface area contributed by atoms with Crippen molar-refractivity contribution in [2.75, 3.05) is 7.11 Å². The molecule has 0 aromatic heterocycles. The van der Waals surface area contributed by atoms with Gasteiger partial charge < -0.3 is 4.74 Å². The minimum atomic E-state index is -0.0449. The van der Waals surface area contributed by atoms with E-state index in [1.165, 1.54) is 7.11 Å². The Morgan fingerprint density at radius 2 is 2.20 bits per heavy atom. The number of benzene rings is 1. The van der Waals surface area contributed by atoms with Gasteiger partial charge in [0.1, 0.15) is 11.8 Å². The number of carbonyl (C=O) groups is 1. The second kappa shape index (κ2) is 6.92. The van der Waals surface area contributed by atoms with Crippen molar-refractivity contribution in [2.24, 2.45) is 5.92 Å². The molecule has 1 amide bonds. The van der Waals surface area contributed by atoms with E-state index in [0.717, 1.165) is 31.2 Å². The molecule has 1 saturated carbocycles. The molecule has 0 bridgehead atoms. The highest BCUT2D eigenvalue weighted by atomic mass is 16.6. The van der Waals surface area contributed by atoms with E-state index in [2.05, 4.69) is 11.5 Å². The number of amides is 1. The summed E-state index contributed by atoms with van der Waals surface area (Å²) in [5.74, 6) is 0.572. The third-order valence-corrected chi connectivity index (χ3v) is 3.52. The van der Waals surface area contributed by atoms with Gasteiger partial charge in [0.05, 0.1) is 19.3 Å². The average Bonchev–Trinajstić information content (AvgIpc) is 3.01. The summed E-state index contributed by atoms with van der Waals surface area (Å²) in [6.45, 7) is 0.233. The molecule has 1 N–H and O–H groups in total. The predicted molar refractivity (Wildman–Crippen MR) is 72.6 cm³/mol. The number of nitrogens with zero attached hydrogens (tertiary/aromatic N) is 1. The van der Waals surface area contributed by atoms with Gasteiger partial charge in [0, 0.05) is 5.92 Å². The number of methoxy groups -OCH3 is 1. The highest BCUT2D eigenvalue weighted by Crippen LogP contribution is 2.24. The maximum absolute atomic E-state index is 11.8. The second-order valence-electron chi connectivity index (χ2n) is 4.88. The van der Waals surface area contributed by atoms with Crippen molar-refractivity contribution in [1.82, 2.24) is 5.48 Å². The van der Waals surface area contributed by atoms with Crippen LogP contribution in [-0.2, 0) is 16.2 Å². The zero-order valence-corrected chi connectivity index (χ0v) is 11.5. The molecule has 0 aliphatic heterocycles. The van der Waals surface area contributed by atoms with Crippen molar-refractivity contribution in [1.29, 1.82) is 5.26 Å². The lowest BCUT2D eigenvalue weighted by molar-refractivity contribution is -0.138. The number of hydrogen-bond acceptors (Lipinski definition) is 4. The smallest absolute Gasteiger partial charge is 0.246 e. The number of nitrogens with one attached hydrogen (secondary N) is 1. The summed E-state index contributed by atoms with van der Waals surface area (Å²) in [4.78, 5) is 17.0. The molecule has 0 saturated heterocycles. The van der Waals surface area contributed by atoms with Gasteiger partial charge in [-0.1, -0.05) is 18.9 Å². The van der Waals surface area contributed by atoms with E-state index >= 15 is 0 Å². The van der Waals surface area contributed by atoms with Crippen molar-refractivity contribution in [3.05, 3.63) is 29.3 Å². The summed E-state index contributed by atoms with van der Waals surface area (Å²) in [5, 5.41) is 8.99. The maximum atomic E-state index is 11.8. The summed E-state index contributed by atoms with van der Waals surface area (Å²) in [7, 11) is 1.52. The zero-order chi connectivity index (χ0) is 14.4. The van der Waals surface area contributed by atoms with Gasteiger partial charge in [0.25, 0.3) is 0 Å². The fraction of sp³-hybridized carbons (Fsp3) is 0.467. The van der Waals surface area contributed by atoms with Crippen LogP contribution >= 0.6 is 0 Å². The van der Waals surface area contributed by atoms with E-state index in [1.54, 1.807) is 18.2 Å². The van der Waals surface area contributed by atoms with Crippen LogP contribution in [-0.4, -0.2) is 13.0 Å². The predicted octanol–water partition coefficient (Wildman–Crippen LogP) is 2.30. The van der Waals surface area contributed by atoms with Gasteiger partial charge in [0.15, 0.2) is 0 Å². The molecule has 2 rings (SSSR count). The van der Waals surface area contributed by atoms with Gasteiger partial charge in [-0.3, -0.25) is 9.63 Å². The average molecular weight is 274 g/mol. The standard InChI is InChI=1S/C15H18N2O3/c1-19-14-7-6-11(8-13(14)9-16)10-20-17-15(18)12-4-2-3-5-12/h6-8,12H,2-5,10H2,1H3,(H,17,18). The molecule has 106 valence electrons. The Kier molecular flexibility index (Phi) is 4.97. The Morgan fingerprint density at radius 1 is 1.45 bits per heavy atom. The van der Waals surface area contributed by atoms with Crippen LogP contribution in [0.15, 0.2) is 18.2 Å². The minimum Gasteiger partial charge on any atom is -0.495 e. The third kappa shape index (κ3) is 3.49. The molecule has 1 aromatic rings. The van der Waals surface area contributed by atoms with Crippen LogP contribution < -0.4 is 10.2 Å². The van der Waals surface area contributed by atoms with Gasteiger partial charge in [-0.25, -0.2) is 5.48 Å². The first-order valence-corrected chi connectivity index (χ1v) is 6.73. The van der Waals surface area contributed by atoms with Crippen LogP contribution in [0, 0.1) is 17.2 Å². The molecular formula is C15H18N2O3. The molecule has 0 heterocycles. The van der Waals surface area contributed by atoms with Crippen molar-refractivity contribution in [3.8, 4) is 11.8 Å². The fourth-order valence-electron chi connectivity index (χ4n) is 2.39. The molecule has 1 aliphatic carbocycles. The van der Waals surface area contributed by atoms with Crippen LogP contribution in [0.25, 0.3) is 0 Å². The fourth-order valence-corrected chi connectivity index (χ4v) is 2.39. The highest BCUT2D eigenvalue weighted by molar-refractivity contribution is 5.77. The molecule has 5 heteroatoms. The Labute approximate surface area is 118 Å². The third-order valence-electron chi connectivity index (χ3n) is 3.52. The van der Waals surface area contributed by atoms with Crippen molar-refractivity contribution >= 4 is 5.91 Å². The normalized spacial score (nSPS) is 14.8. The summed E-state index contributed by atoms with van der Waals surface area (Å²) in [6.07, 6.45) is 4.11. The van der Waals surface area contributed by atoms with Crippen LogP contribution in [0.2, 0.25) is 0 Å². The van der Waals surface area contributed by atoms with Crippen LogP contribution in [0.4, 0.5) is 0 Å². The monoisotopic (exact) mass is 274 g/mol. The highest BCUT2D eigenvalue weighted by Gasteiger charge is 2.22. The topological polar surface area (TPSA) is 71.3 Å². The lowest BCUT2D eigenvalue weighted by atomic mass is 10.1. The van der Waals surface area contributed by atoms with Gasteiger partial charge in [0.2, 0.25) is 5.91 Å². The first-order chi connectivity index (χ1) is 9.74. The van der Waals surface area contributed by atoms with Gasteiger partial charge >= 0.3 is 0 Å². The molecule has 0 unspecified atom stereocenters. The number of hydrogen-bond donors (Lipinski definition) is 1.